The zero-order valence-corrected chi connectivity index (χ0v) is 11.3. The van der Waals surface area contributed by atoms with E-state index in [0.717, 1.165) is 22.2 Å². The van der Waals surface area contributed by atoms with Gasteiger partial charge in [-0.05, 0) is 18.2 Å². The number of nitrogens with zero attached hydrogens (tertiary/aromatic N) is 2. The number of ether oxygens (including phenoxy) is 2. The first-order valence-electron chi connectivity index (χ1n) is 6.16. The summed E-state index contributed by atoms with van der Waals surface area (Å²) in [6, 6.07) is 14.5. The minimum atomic E-state index is 0.657. The first-order valence-corrected chi connectivity index (χ1v) is 6.16. The van der Waals surface area contributed by atoms with Crippen molar-refractivity contribution in [1.82, 2.24) is 9.97 Å². The smallest absolute Gasteiger partial charge is 0.162 e. The zero-order chi connectivity index (χ0) is 13.9. The lowest BCUT2D eigenvalue weighted by Gasteiger charge is -2.10. The fourth-order valence-corrected chi connectivity index (χ4v) is 2.15. The minimum absolute atomic E-state index is 0.657. The fourth-order valence-electron chi connectivity index (χ4n) is 2.15. The Morgan fingerprint density at radius 2 is 1.85 bits per heavy atom. The zero-order valence-electron chi connectivity index (χ0n) is 11.3. The molecule has 1 radical (unpaired) electrons. The van der Waals surface area contributed by atoms with Crippen LogP contribution in [0.4, 0.5) is 0 Å². The van der Waals surface area contributed by atoms with Crippen LogP contribution in [0, 0.1) is 6.07 Å². The van der Waals surface area contributed by atoms with E-state index < -0.39 is 0 Å². The highest BCUT2D eigenvalue weighted by Gasteiger charge is 2.11. The van der Waals surface area contributed by atoms with Gasteiger partial charge in [0.25, 0.3) is 0 Å². The van der Waals surface area contributed by atoms with Gasteiger partial charge >= 0.3 is 0 Å². The number of methoxy groups -OCH3 is 2. The summed E-state index contributed by atoms with van der Waals surface area (Å²) >= 11 is 0. The molecule has 1 heterocycles. The number of hydrogen-bond donors (Lipinski definition) is 0. The van der Waals surface area contributed by atoms with Crippen molar-refractivity contribution in [2.24, 2.45) is 0 Å². The van der Waals surface area contributed by atoms with E-state index in [0.29, 0.717) is 11.5 Å². The van der Waals surface area contributed by atoms with Crippen molar-refractivity contribution >= 4 is 10.9 Å². The van der Waals surface area contributed by atoms with E-state index >= 15 is 0 Å². The molecule has 3 aromatic rings. The fraction of sp³-hybridized carbons (Fsp3) is 0.125. The molecule has 0 bridgehead atoms. The van der Waals surface area contributed by atoms with Crippen LogP contribution in [0.5, 0.6) is 11.5 Å². The van der Waals surface area contributed by atoms with Gasteiger partial charge in [0.15, 0.2) is 11.5 Å². The van der Waals surface area contributed by atoms with Crippen molar-refractivity contribution in [3.8, 4) is 22.8 Å². The third kappa shape index (κ3) is 2.05. The lowest BCUT2D eigenvalue weighted by molar-refractivity contribution is 0.356. The molecule has 1 aromatic heterocycles. The molecule has 4 nitrogen and oxygen atoms in total. The van der Waals surface area contributed by atoms with Crippen LogP contribution in [0.3, 0.4) is 0 Å². The average molecular weight is 265 g/mol. The van der Waals surface area contributed by atoms with E-state index in [2.05, 4.69) is 16.0 Å². The van der Waals surface area contributed by atoms with E-state index in [9.17, 15) is 0 Å². The molecule has 0 atom stereocenters. The van der Waals surface area contributed by atoms with Gasteiger partial charge in [0.05, 0.1) is 25.4 Å². The first kappa shape index (κ1) is 12.4. The Morgan fingerprint density at radius 1 is 1.05 bits per heavy atom. The molecule has 2 aromatic carbocycles. The number of fused-ring (bicyclic) bond motifs is 1. The quantitative estimate of drug-likeness (QED) is 0.730. The van der Waals surface area contributed by atoms with Crippen molar-refractivity contribution in [2.75, 3.05) is 14.2 Å². The molecular weight excluding hydrogens is 252 g/mol. The monoisotopic (exact) mass is 265 g/mol. The predicted molar refractivity (Wildman–Crippen MR) is 76.9 cm³/mol. The first-order chi connectivity index (χ1) is 9.83. The van der Waals surface area contributed by atoms with Gasteiger partial charge in [0.1, 0.15) is 6.33 Å². The van der Waals surface area contributed by atoms with Crippen molar-refractivity contribution in [3.05, 3.63) is 48.8 Å². The van der Waals surface area contributed by atoms with E-state index in [1.54, 1.807) is 20.5 Å². The highest BCUT2D eigenvalue weighted by Crippen LogP contribution is 2.34. The van der Waals surface area contributed by atoms with Gasteiger partial charge in [0, 0.05) is 17.0 Å². The van der Waals surface area contributed by atoms with E-state index in [1.807, 2.05) is 36.4 Å². The van der Waals surface area contributed by atoms with Crippen LogP contribution in [0.2, 0.25) is 0 Å². The molecule has 0 spiro atoms. The van der Waals surface area contributed by atoms with Gasteiger partial charge in [-0.1, -0.05) is 18.2 Å². The van der Waals surface area contributed by atoms with Crippen LogP contribution in [-0.4, -0.2) is 24.2 Å². The van der Waals surface area contributed by atoms with Crippen molar-refractivity contribution < 1.29 is 9.47 Å². The maximum atomic E-state index is 5.35. The van der Waals surface area contributed by atoms with Gasteiger partial charge in [-0.3, -0.25) is 0 Å². The Kier molecular flexibility index (Phi) is 3.21. The average Bonchev–Trinajstić information content (AvgIpc) is 2.53. The summed E-state index contributed by atoms with van der Waals surface area (Å²) in [5, 5.41) is 0.921. The molecule has 0 unspecified atom stereocenters. The summed E-state index contributed by atoms with van der Waals surface area (Å²) in [5.41, 5.74) is 2.66. The molecule has 0 aliphatic rings. The molecule has 3 rings (SSSR count). The Hall–Kier alpha value is -2.62. The summed E-state index contributed by atoms with van der Waals surface area (Å²) < 4.78 is 10.6. The largest absolute Gasteiger partial charge is 0.493 e. The highest BCUT2D eigenvalue weighted by molar-refractivity contribution is 5.94. The second-order valence-electron chi connectivity index (χ2n) is 4.24. The third-order valence-electron chi connectivity index (χ3n) is 3.12. The molecule has 0 fully saturated rings. The minimum Gasteiger partial charge on any atom is -0.493 e. The Morgan fingerprint density at radius 3 is 2.55 bits per heavy atom. The molecular formula is C16H13N2O2. The lowest BCUT2D eigenvalue weighted by Crippen LogP contribution is -1.94. The molecule has 0 N–H and O–H groups in total. The molecule has 0 aliphatic heterocycles. The van der Waals surface area contributed by atoms with E-state index in [1.165, 1.54) is 0 Å². The normalized spacial score (nSPS) is 10.5. The Bertz CT molecular complexity index is 742. The van der Waals surface area contributed by atoms with Gasteiger partial charge in [-0.15, -0.1) is 0 Å². The maximum Gasteiger partial charge on any atom is 0.162 e. The van der Waals surface area contributed by atoms with Crippen LogP contribution < -0.4 is 9.47 Å². The SMILES string of the molecule is COc1cc2ncnc(-c3c[c]ccc3)c2cc1OC. The topological polar surface area (TPSA) is 44.2 Å². The summed E-state index contributed by atoms with van der Waals surface area (Å²) in [4.78, 5) is 8.68. The predicted octanol–water partition coefficient (Wildman–Crippen LogP) is 3.11. The number of hydrogen-bond acceptors (Lipinski definition) is 4. The van der Waals surface area contributed by atoms with Crippen molar-refractivity contribution in [2.45, 2.75) is 0 Å². The number of benzene rings is 2. The molecule has 20 heavy (non-hydrogen) atoms. The standard InChI is InChI=1S/C16H13N2O2/c1-19-14-8-12-13(9-15(14)20-2)17-10-18-16(12)11-6-4-3-5-7-11/h3-4,6-10H,1-2H3. The molecule has 99 valence electrons. The van der Waals surface area contributed by atoms with Crippen LogP contribution in [0.1, 0.15) is 0 Å². The third-order valence-corrected chi connectivity index (χ3v) is 3.12. The second kappa shape index (κ2) is 5.17. The van der Waals surface area contributed by atoms with Crippen LogP contribution in [0.15, 0.2) is 42.7 Å². The summed E-state index contributed by atoms with van der Waals surface area (Å²) in [6.45, 7) is 0. The Labute approximate surface area is 117 Å². The van der Waals surface area contributed by atoms with Gasteiger partial charge in [-0.2, -0.15) is 0 Å². The van der Waals surface area contributed by atoms with E-state index in [-0.39, 0.29) is 0 Å². The summed E-state index contributed by atoms with van der Waals surface area (Å²) in [5.74, 6) is 1.32. The molecule has 0 aliphatic carbocycles. The number of rotatable bonds is 3. The maximum absolute atomic E-state index is 5.35. The van der Waals surface area contributed by atoms with Crippen molar-refractivity contribution in [3.63, 3.8) is 0 Å². The number of aromatic nitrogens is 2. The van der Waals surface area contributed by atoms with Crippen LogP contribution in [-0.2, 0) is 0 Å². The van der Waals surface area contributed by atoms with Gasteiger partial charge < -0.3 is 9.47 Å². The lowest BCUT2D eigenvalue weighted by atomic mass is 10.1. The molecule has 4 heteroatoms. The van der Waals surface area contributed by atoms with Gasteiger partial charge in [-0.25, -0.2) is 9.97 Å². The van der Waals surface area contributed by atoms with Crippen LogP contribution >= 0.6 is 0 Å². The molecule has 0 amide bonds. The summed E-state index contributed by atoms with van der Waals surface area (Å²) in [6.07, 6.45) is 1.55. The Balaban J connectivity index is 2.29. The van der Waals surface area contributed by atoms with Gasteiger partial charge in [0.2, 0.25) is 0 Å². The molecule has 0 saturated carbocycles. The highest BCUT2D eigenvalue weighted by atomic mass is 16.5. The molecule has 0 saturated heterocycles. The van der Waals surface area contributed by atoms with Crippen LogP contribution in [0.25, 0.3) is 22.2 Å². The summed E-state index contributed by atoms with van der Waals surface area (Å²) in [7, 11) is 3.22. The van der Waals surface area contributed by atoms with Crippen molar-refractivity contribution in [1.29, 1.82) is 0 Å². The van der Waals surface area contributed by atoms with E-state index in [4.69, 9.17) is 9.47 Å². The second-order valence-corrected chi connectivity index (χ2v) is 4.24.